The normalized spacial score (nSPS) is 20.7. The first-order chi connectivity index (χ1) is 15.7. The van der Waals surface area contributed by atoms with Crippen molar-refractivity contribution < 1.29 is 27.4 Å². The third kappa shape index (κ3) is 4.93. The molecule has 34 heavy (non-hydrogen) atoms. The second-order valence-corrected chi connectivity index (χ2v) is 9.86. The van der Waals surface area contributed by atoms with Gasteiger partial charge in [0.15, 0.2) is 11.4 Å². The van der Waals surface area contributed by atoms with Crippen LogP contribution in [0.25, 0.3) is 0 Å². The quantitative estimate of drug-likeness (QED) is 0.632. The third-order valence-electron chi connectivity index (χ3n) is 6.18. The van der Waals surface area contributed by atoms with Crippen LogP contribution in [0.15, 0.2) is 30.3 Å². The molecule has 3 rings (SSSR count). The molecule has 0 aliphatic heterocycles. The zero-order valence-corrected chi connectivity index (χ0v) is 19.8. The van der Waals surface area contributed by atoms with Crippen LogP contribution in [0.3, 0.4) is 0 Å². The highest BCUT2D eigenvalue weighted by atomic mass is 19.4. The number of hydrogen-bond donors (Lipinski definition) is 1. The molecule has 1 aromatic heterocycles. The predicted molar refractivity (Wildman–Crippen MR) is 117 cm³/mol. The van der Waals surface area contributed by atoms with Gasteiger partial charge in [0.2, 0.25) is 0 Å². The van der Waals surface area contributed by atoms with Crippen LogP contribution < -0.4 is 14.8 Å². The van der Waals surface area contributed by atoms with Gasteiger partial charge in [-0.2, -0.15) is 10.4 Å². The second kappa shape index (κ2) is 8.78. The van der Waals surface area contributed by atoms with Gasteiger partial charge in [0.05, 0.1) is 11.3 Å². The van der Waals surface area contributed by atoms with Crippen molar-refractivity contribution in [1.82, 2.24) is 15.5 Å². The summed E-state index contributed by atoms with van der Waals surface area (Å²) in [6.07, 6.45) is -5.39. The van der Waals surface area contributed by atoms with Crippen molar-refractivity contribution in [3.63, 3.8) is 0 Å². The number of ether oxygens (including phenoxy) is 2. The van der Waals surface area contributed by atoms with Gasteiger partial charge >= 0.3 is 6.36 Å². The number of benzene rings is 1. The van der Waals surface area contributed by atoms with Crippen LogP contribution in [0.2, 0.25) is 0 Å². The van der Waals surface area contributed by atoms with Gasteiger partial charge in [0.25, 0.3) is 5.91 Å². The number of carbonyl (C=O) groups is 1. The summed E-state index contributed by atoms with van der Waals surface area (Å²) in [6, 6.07) is 8.45. The first-order valence-electron chi connectivity index (χ1n) is 10.8. The minimum atomic E-state index is -4.94. The van der Waals surface area contributed by atoms with Gasteiger partial charge in [-0.25, -0.2) is 0 Å². The van der Waals surface area contributed by atoms with E-state index in [4.69, 9.17) is 10.00 Å². The lowest BCUT2D eigenvalue weighted by Crippen LogP contribution is -2.74. The van der Waals surface area contributed by atoms with E-state index in [1.54, 1.807) is 18.2 Å². The van der Waals surface area contributed by atoms with Crippen LogP contribution in [-0.2, 0) is 0 Å². The van der Waals surface area contributed by atoms with Gasteiger partial charge in [0, 0.05) is 22.9 Å². The van der Waals surface area contributed by atoms with Crippen molar-refractivity contribution in [3.8, 4) is 17.6 Å². The summed E-state index contributed by atoms with van der Waals surface area (Å²) in [5.41, 5.74) is -0.411. The summed E-state index contributed by atoms with van der Waals surface area (Å²) in [5.74, 6) is -0.678. The molecule has 0 bridgehead atoms. The number of rotatable bonds is 6. The third-order valence-corrected chi connectivity index (χ3v) is 6.18. The smallest absolute Gasteiger partial charge is 0.489 e. The summed E-state index contributed by atoms with van der Waals surface area (Å²) < 4.78 is 48.2. The SMILES string of the molecule is CC(C)c1ccc(C(=O)NC2C(C)(C)C(Oc3ccc(C#N)c(OC(F)(F)F)c3)C2(C)C)nn1. The Morgan fingerprint density at radius 1 is 1.12 bits per heavy atom. The molecule has 1 fully saturated rings. The fourth-order valence-electron chi connectivity index (χ4n) is 4.79. The van der Waals surface area contributed by atoms with E-state index in [0.29, 0.717) is 0 Å². The number of halogens is 3. The molecule has 10 heteroatoms. The number of nitrogens with one attached hydrogen (secondary N) is 1. The minimum Gasteiger partial charge on any atom is -0.489 e. The lowest BCUT2D eigenvalue weighted by molar-refractivity contribution is -0.274. The Balaban J connectivity index is 1.77. The van der Waals surface area contributed by atoms with Crippen LogP contribution in [0.1, 0.15) is 69.2 Å². The number of hydrogen-bond acceptors (Lipinski definition) is 6. The van der Waals surface area contributed by atoms with Gasteiger partial charge in [0.1, 0.15) is 17.9 Å². The lowest BCUT2D eigenvalue weighted by atomic mass is 9.49. The Labute approximate surface area is 196 Å². The van der Waals surface area contributed by atoms with Crippen molar-refractivity contribution in [2.24, 2.45) is 10.8 Å². The van der Waals surface area contributed by atoms with Crippen LogP contribution in [-0.4, -0.2) is 34.6 Å². The number of aromatic nitrogens is 2. The van der Waals surface area contributed by atoms with E-state index >= 15 is 0 Å². The highest BCUT2D eigenvalue weighted by Crippen LogP contribution is 2.55. The fraction of sp³-hybridized carbons (Fsp3) is 0.500. The Morgan fingerprint density at radius 3 is 2.26 bits per heavy atom. The van der Waals surface area contributed by atoms with Crippen molar-refractivity contribution in [3.05, 3.63) is 47.3 Å². The standard InChI is InChI=1S/C24H27F3N4O3/c1-13(2)16-9-10-17(31-30-16)19(32)29-20-22(3,4)21(23(20,5)6)33-15-8-7-14(12-28)18(11-15)34-24(25,26)27/h7-11,13,20-21H,1-6H3,(H,29,32). The van der Waals surface area contributed by atoms with Crippen LogP contribution in [0.5, 0.6) is 11.5 Å². The van der Waals surface area contributed by atoms with Crippen LogP contribution in [0.4, 0.5) is 13.2 Å². The van der Waals surface area contributed by atoms with Gasteiger partial charge in [-0.1, -0.05) is 41.5 Å². The highest BCUT2D eigenvalue weighted by molar-refractivity contribution is 5.92. The molecule has 1 aromatic carbocycles. The Hall–Kier alpha value is -3.35. The molecule has 1 aliphatic rings. The summed E-state index contributed by atoms with van der Waals surface area (Å²) in [5, 5.41) is 20.2. The first kappa shape index (κ1) is 25.3. The summed E-state index contributed by atoms with van der Waals surface area (Å²) >= 11 is 0. The lowest BCUT2D eigenvalue weighted by Gasteiger charge is -2.63. The van der Waals surface area contributed by atoms with Gasteiger partial charge in [-0.05, 0) is 30.2 Å². The number of nitriles is 1. The van der Waals surface area contributed by atoms with Crippen molar-refractivity contribution in [2.75, 3.05) is 0 Å². The first-order valence-corrected chi connectivity index (χ1v) is 10.8. The molecule has 1 saturated carbocycles. The zero-order chi connectivity index (χ0) is 25.5. The number of nitrogens with zero attached hydrogens (tertiary/aromatic N) is 3. The van der Waals surface area contributed by atoms with Crippen molar-refractivity contribution in [1.29, 1.82) is 5.26 Å². The highest BCUT2D eigenvalue weighted by Gasteiger charge is 2.64. The second-order valence-electron chi connectivity index (χ2n) is 9.86. The molecule has 182 valence electrons. The molecule has 0 spiro atoms. The fourth-order valence-corrected chi connectivity index (χ4v) is 4.79. The maximum Gasteiger partial charge on any atom is 0.573 e. The number of alkyl halides is 3. The minimum absolute atomic E-state index is 0.129. The molecule has 0 saturated heterocycles. The molecule has 1 N–H and O–H groups in total. The molecular weight excluding hydrogens is 449 g/mol. The molecule has 1 heterocycles. The van der Waals surface area contributed by atoms with E-state index in [1.807, 2.05) is 41.5 Å². The monoisotopic (exact) mass is 476 g/mol. The average Bonchev–Trinajstić information content (AvgIpc) is 2.74. The van der Waals surface area contributed by atoms with Crippen LogP contribution in [0, 0.1) is 22.2 Å². The van der Waals surface area contributed by atoms with E-state index < -0.39 is 29.0 Å². The molecule has 1 amide bonds. The van der Waals surface area contributed by atoms with E-state index in [-0.39, 0.29) is 34.9 Å². The molecule has 7 nitrogen and oxygen atoms in total. The number of amides is 1. The summed E-state index contributed by atoms with van der Waals surface area (Å²) in [4.78, 5) is 12.8. The molecule has 0 atom stereocenters. The van der Waals surface area contributed by atoms with Crippen LogP contribution >= 0.6 is 0 Å². The molecule has 2 aromatic rings. The zero-order valence-electron chi connectivity index (χ0n) is 19.8. The molecule has 0 radical (unpaired) electrons. The Bertz CT molecular complexity index is 1090. The summed E-state index contributed by atoms with van der Waals surface area (Å²) in [7, 11) is 0. The van der Waals surface area contributed by atoms with Gasteiger partial charge in [-0.15, -0.1) is 18.3 Å². The Morgan fingerprint density at radius 2 is 1.76 bits per heavy atom. The average molecular weight is 476 g/mol. The van der Waals surface area contributed by atoms with Crippen molar-refractivity contribution >= 4 is 5.91 Å². The Kier molecular flexibility index (Phi) is 6.53. The number of carbonyl (C=O) groups excluding carboxylic acids is 1. The molecular formula is C24H27F3N4O3. The van der Waals surface area contributed by atoms with E-state index in [9.17, 15) is 18.0 Å². The summed E-state index contributed by atoms with van der Waals surface area (Å²) in [6.45, 7) is 11.6. The van der Waals surface area contributed by atoms with Crippen molar-refractivity contribution in [2.45, 2.75) is 66.0 Å². The van der Waals surface area contributed by atoms with Gasteiger partial charge < -0.3 is 14.8 Å². The van der Waals surface area contributed by atoms with Gasteiger partial charge in [-0.3, -0.25) is 4.79 Å². The van der Waals surface area contributed by atoms with E-state index in [2.05, 4.69) is 20.3 Å². The maximum absolute atomic E-state index is 12.8. The van der Waals surface area contributed by atoms with E-state index in [0.717, 1.165) is 11.8 Å². The predicted octanol–water partition coefficient (Wildman–Crippen LogP) is 4.98. The molecule has 0 unspecified atom stereocenters. The molecule has 1 aliphatic carbocycles. The topological polar surface area (TPSA) is 97.1 Å². The largest absolute Gasteiger partial charge is 0.573 e. The van der Waals surface area contributed by atoms with E-state index in [1.165, 1.54) is 12.1 Å². The maximum atomic E-state index is 12.8.